The Morgan fingerprint density at radius 2 is 1.74 bits per heavy atom. The number of nitriles is 1. The second-order valence-electron chi connectivity index (χ2n) is 9.40. The summed E-state index contributed by atoms with van der Waals surface area (Å²) >= 11 is 4.96. The van der Waals surface area contributed by atoms with Gasteiger partial charge in [-0.3, -0.25) is 9.69 Å². The third-order valence-electron chi connectivity index (χ3n) is 6.51. The minimum atomic E-state index is -0.141. The minimum absolute atomic E-state index is 0.141. The molecular formula is C34H28BrN3O4S. The molecule has 1 aliphatic rings. The summed E-state index contributed by atoms with van der Waals surface area (Å²) in [6.45, 7) is 2.89. The molecule has 216 valence electrons. The number of amides is 1. The molecule has 0 aromatic heterocycles. The first-order valence-electron chi connectivity index (χ1n) is 13.5. The molecule has 0 spiro atoms. The van der Waals surface area contributed by atoms with Crippen LogP contribution in [0.5, 0.6) is 17.2 Å². The van der Waals surface area contributed by atoms with Crippen LogP contribution in [-0.4, -0.2) is 29.7 Å². The van der Waals surface area contributed by atoms with Gasteiger partial charge in [-0.2, -0.15) is 5.26 Å². The number of aliphatic imine (C=N–C) groups is 1. The molecule has 0 unspecified atom stereocenters. The molecule has 4 aromatic carbocycles. The van der Waals surface area contributed by atoms with E-state index in [2.05, 4.69) is 22.0 Å². The van der Waals surface area contributed by atoms with Gasteiger partial charge in [0.15, 0.2) is 16.7 Å². The van der Waals surface area contributed by atoms with Gasteiger partial charge in [0.2, 0.25) is 0 Å². The average molecular weight is 655 g/mol. The Labute approximate surface area is 263 Å². The van der Waals surface area contributed by atoms with Crippen LogP contribution in [0.4, 0.5) is 5.69 Å². The van der Waals surface area contributed by atoms with Crippen molar-refractivity contribution in [2.45, 2.75) is 20.1 Å². The number of amidine groups is 1. The predicted molar refractivity (Wildman–Crippen MR) is 173 cm³/mol. The maximum absolute atomic E-state index is 13.8. The van der Waals surface area contributed by atoms with E-state index >= 15 is 0 Å². The lowest BCUT2D eigenvalue weighted by atomic mass is 10.1. The third kappa shape index (κ3) is 7.28. The largest absolute Gasteiger partial charge is 0.497 e. The van der Waals surface area contributed by atoms with Crippen LogP contribution >= 0.6 is 27.7 Å². The summed E-state index contributed by atoms with van der Waals surface area (Å²) in [5.41, 5.74) is 3.82. The number of nitrogens with zero attached hydrogens (tertiary/aromatic N) is 3. The first-order chi connectivity index (χ1) is 21.0. The second-order valence-corrected chi connectivity index (χ2v) is 11.3. The Balaban J connectivity index is 1.45. The number of benzene rings is 4. The SMILES string of the molecule is CCOc1cc(/C=C2/SC(=Nc3ccccc3)N(Cc3ccc(OC)cc3)C2=O)cc(Br)c1OCc1ccccc1C#N. The molecule has 0 aliphatic carbocycles. The van der Waals surface area contributed by atoms with Crippen LogP contribution in [0.2, 0.25) is 0 Å². The van der Waals surface area contributed by atoms with Crippen molar-refractivity contribution in [3.05, 3.63) is 123 Å². The van der Waals surface area contributed by atoms with Gasteiger partial charge in [0, 0.05) is 5.56 Å². The number of para-hydroxylation sites is 1. The molecule has 0 bridgehead atoms. The zero-order valence-electron chi connectivity index (χ0n) is 23.6. The second kappa shape index (κ2) is 14.1. The van der Waals surface area contributed by atoms with E-state index in [4.69, 9.17) is 19.2 Å². The van der Waals surface area contributed by atoms with Crippen molar-refractivity contribution in [2.24, 2.45) is 4.99 Å². The summed E-state index contributed by atoms with van der Waals surface area (Å²) in [6, 6.07) is 30.5. The lowest BCUT2D eigenvalue weighted by molar-refractivity contribution is -0.122. The van der Waals surface area contributed by atoms with E-state index in [1.165, 1.54) is 11.8 Å². The molecule has 4 aromatic rings. The smallest absolute Gasteiger partial charge is 0.267 e. The molecule has 43 heavy (non-hydrogen) atoms. The zero-order chi connectivity index (χ0) is 30.2. The van der Waals surface area contributed by atoms with Crippen LogP contribution in [0, 0.1) is 11.3 Å². The molecule has 0 radical (unpaired) electrons. The maximum Gasteiger partial charge on any atom is 0.267 e. The number of carbonyl (C=O) groups is 1. The van der Waals surface area contributed by atoms with E-state index in [1.54, 1.807) is 18.1 Å². The van der Waals surface area contributed by atoms with Crippen LogP contribution in [0.1, 0.15) is 29.2 Å². The molecule has 1 fully saturated rings. The standard InChI is InChI=1S/C34H28BrN3O4S/c1-3-41-30-18-24(17-29(35)32(30)42-22-26-10-8-7-9-25(26)20-36)19-31-33(39)38(21-23-13-15-28(40-2)16-14-23)34(43-31)37-27-11-5-4-6-12-27/h4-19H,3,21-22H2,1-2H3/b31-19+,37-34?. The number of hydrogen-bond donors (Lipinski definition) is 0. The van der Waals surface area contributed by atoms with Crippen molar-refractivity contribution in [3.8, 4) is 23.3 Å². The first-order valence-corrected chi connectivity index (χ1v) is 15.1. The number of halogens is 1. The topological polar surface area (TPSA) is 84.2 Å². The summed E-state index contributed by atoms with van der Waals surface area (Å²) in [4.78, 5) is 20.8. The number of hydrogen-bond acceptors (Lipinski definition) is 7. The molecular weight excluding hydrogens is 626 g/mol. The van der Waals surface area contributed by atoms with Gasteiger partial charge in [-0.15, -0.1) is 0 Å². The summed E-state index contributed by atoms with van der Waals surface area (Å²) in [5.74, 6) is 1.66. The van der Waals surface area contributed by atoms with E-state index in [1.807, 2.05) is 97.9 Å². The summed E-state index contributed by atoms with van der Waals surface area (Å²) in [6.07, 6.45) is 1.84. The highest BCUT2D eigenvalue weighted by molar-refractivity contribution is 9.10. The summed E-state index contributed by atoms with van der Waals surface area (Å²) in [7, 11) is 1.62. The average Bonchev–Trinajstić information content (AvgIpc) is 3.30. The van der Waals surface area contributed by atoms with Crippen molar-refractivity contribution in [1.82, 2.24) is 4.90 Å². The van der Waals surface area contributed by atoms with E-state index < -0.39 is 0 Å². The molecule has 1 saturated heterocycles. The highest BCUT2D eigenvalue weighted by Gasteiger charge is 2.33. The molecule has 0 atom stereocenters. The Morgan fingerprint density at radius 3 is 2.47 bits per heavy atom. The number of methoxy groups -OCH3 is 1. The monoisotopic (exact) mass is 653 g/mol. The number of carbonyl (C=O) groups excluding carboxylic acids is 1. The van der Waals surface area contributed by atoms with E-state index in [9.17, 15) is 10.1 Å². The first kappa shape index (κ1) is 30.0. The van der Waals surface area contributed by atoms with Gasteiger partial charge in [0.1, 0.15) is 12.4 Å². The van der Waals surface area contributed by atoms with Gasteiger partial charge in [-0.1, -0.05) is 48.5 Å². The van der Waals surface area contributed by atoms with E-state index in [0.29, 0.717) is 44.8 Å². The molecule has 1 aliphatic heterocycles. The fourth-order valence-corrected chi connectivity index (χ4v) is 5.96. The molecule has 7 nitrogen and oxygen atoms in total. The van der Waals surface area contributed by atoms with Gasteiger partial charge < -0.3 is 14.2 Å². The molecule has 9 heteroatoms. The van der Waals surface area contributed by atoms with Crippen LogP contribution in [0.3, 0.4) is 0 Å². The van der Waals surface area contributed by atoms with Crippen LogP contribution in [0.25, 0.3) is 6.08 Å². The van der Waals surface area contributed by atoms with E-state index in [0.717, 1.165) is 28.1 Å². The fourth-order valence-electron chi connectivity index (χ4n) is 4.39. The Bertz CT molecular complexity index is 1720. The molecule has 1 amide bonds. The highest BCUT2D eigenvalue weighted by atomic mass is 79.9. The highest BCUT2D eigenvalue weighted by Crippen LogP contribution is 2.40. The molecule has 1 heterocycles. The Kier molecular flexibility index (Phi) is 9.82. The number of thioether (sulfide) groups is 1. The van der Waals surface area contributed by atoms with Gasteiger partial charge in [-0.05, 0) is 94.3 Å². The van der Waals surface area contributed by atoms with Gasteiger partial charge >= 0.3 is 0 Å². The van der Waals surface area contributed by atoms with Crippen LogP contribution in [0.15, 0.2) is 105 Å². The third-order valence-corrected chi connectivity index (χ3v) is 8.10. The Morgan fingerprint density at radius 1 is 1.00 bits per heavy atom. The lowest BCUT2D eigenvalue weighted by Crippen LogP contribution is -2.28. The Hall–Kier alpha value is -4.52. The molecule has 0 N–H and O–H groups in total. The quantitative estimate of drug-likeness (QED) is 0.161. The zero-order valence-corrected chi connectivity index (χ0v) is 26.0. The lowest BCUT2D eigenvalue weighted by Gasteiger charge is -2.16. The van der Waals surface area contributed by atoms with Gasteiger partial charge in [0.25, 0.3) is 5.91 Å². The van der Waals surface area contributed by atoms with Crippen LogP contribution < -0.4 is 14.2 Å². The number of rotatable bonds is 10. The van der Waals surface area contributed by atoms with Crippen molar-refractivity contribution in [1.29, 1.82) is 5.26 Å². The summed E-state index contributed by atoms with van der Waals surface area (Å²) < 4.78 is 18.0. The van der Waals surface area contributed by atoms with Crippen LogP contribution in [-0.2, 0) is 17.9 Å². The normalized spacial score (nSPS) is 14.7. The molecule has 5 rings (SSSR count). The van der Waals surface area contributed by atoms with Crippen molar-refractivity contribution < 1.29 is 19.0 Å². The van der Waals surface area contributed by atoms with Gasteiger partial charge in [-0.25, -0.2) is 4.99 Å². The van der Waals surface area contributed by atoms with E-state index in [-0.39, 0.29) is 12.5 Å². The van der Waals surface area contributed by atoms with Gasteiger partial charge in [0.05, 0.1) is 47.0 Å². The maximum atomic E-state index is 13.8. The van der Waals surface area contributed by atoms with Crippen molar-refractivity contribution in [2.75, 3.05) is 13.7 Å². The predicted octanol–water partition coefficient (Wildman–Crippen LogP) is 8.11. The van der Waals surface area contributed by atoms with Crippen molar-refractivity contribution >= 4 is 50.5 Å². The van der Waals surface area contributed by atoms with Crippen molar-refractivity contribution in [3.63, 3.8) is 0 Å². The fraction of sp³-hybridized carbons (Fsp3) is 0.147. The summed E-state index contributed by atoms with van der Waals surface area (Å²) in [5, 5.41) is 10.0. The minimum Gasteiger partial charge on any atom is -0.497 e. The molecule has 0 saturated carbocycles. The number of ether oxygens (including phenoxy) is 3.